The normalized spacial score (nSPS) is 27.2. The van der Waals surface area contributed by atoms with E-state index in [1.807, 2.05) is 0 Å². The lowest BCUT2D eigenvalue weighted by Gasteiger charge is -2.37. The van der Waals surface area contributed by atoms with Crippen molar-refractivity contribution in [2.75, 3.05) is 6.54 Å². The molecule has 0 aliphatic heterocycles. The Morgan fingerprint density at radius 3 is 2.65 bits per heavy atom. The third-order valence-corrected chi connectivity index (χ3v) is 5.36. The lowest BCUT2D eigenvalue weighted by Crippen LogP contribution is -2.40. The van der Waals surface area contributed by atoms with E-state index in [0.717, 1.165) is 17.9 Å². The van der Waals surface area contributed by atoms with Crippen LogP contribution in [-0.4, -0.2) is 12.6 Å². The standard InChI is InChI=1S/C19H29N/c1-15-6-5-9-17(12-15)18-13-19(14-18)20-11-10-16-7-3-2-4-8-16/h5-6,9,12,16,18-20H,2-4,7-8,10-11,13-14H2,1H3. The van der Waals surface area contributed by atoms with E-state index in [9.17, 15) is 0 Å². The molecule has 0 atom stereocenters. The number of benzene rings is 1. The molecule has 0 amide bonds. The van der Waals surface area contributed by atoms with Crippen LogP contribution in [0, 0.1) is 12.8 Å². The Balaban J connectivity index is 1.34. The van der Waals surface area contributed by atoms with E-state index in [0.29, 0.717) is 0 Å². The average Bonchev–Trinajstić information content (AvgIpc) is 2.42. The highest BCUT2D eigenvalue weighted by Gasteiger charge is 2.29. The molecular formula is C19H29N. The second-order valence-electron chi connectivity index (χ2n) is 7.03. The van der Waals surface area contributed by atoms with Gasteiger partial charge in [0.1, 0.15) is 0 Å². The summed E-state index contributed by atoms with van der Waals surface area (Å²) in [6, 6.07) is 9.85. The molecule has 2 aliphatic carbocycles. The first-order valence-electron chi connectivity index (χ1n) is 8.61. The summed E-state index contributed by atoms with van der Waals surface area (Å²) in [6.45, 7) is 3.44. The van der Waals surface area contributed by atoms with Gasteiger partial charge >= 0.3 is 0 Å². The van der Waals surface area contributed by atoms with Gasteiger partial charge < -0.3 is 5.32 Å². The number of hydrogen-bond acceptors (Lipinski definition) is 1. The van der Waals surface area contributed by atoms with Gasteiger partial charge in [-0.1, -0.05) is 61.9 Å². The van der Waals surface area contributed by atoms with Crippen LogP contribution in [0.25, 0.3) is 0 Å². The predicted octanol–water partition coefficient (Wildman–Crippen LogP) is 4.80. The summed E-state index contributed by atoms with van der Waals surface area (Å²) in [5, 5.41) is 3.78. The minimum Gasteiger partial charge on any atom is -0.314 e. The number of rotatable bonds is 5. The van der Waals surface area contributed by atoms with Crippen LogP contribution < -0.4 is 5.32 Å². The SMILES string of the molecule is Cc1cccc(C2CC(NCCC3CCCCC3)C2)c1. The molecule has 0 radical (unpaired) electrons. The smallest absolute Gasteiger partial charge is 0.00787 e. The molecule has 0 spiro atoms. The fourth-order valence-electron chi connectivity index (χ4n) is 3.95. The minimum absolute atomic E-state index is 0.782. The summed E-state index contributed by atoms with van der Waals surface area (Å²) in [5.41, 5.74) is 2.95. The third-order valence-electron chi connectivity index (χ3n) is 5.36. The van der Waals surface area contributed by atoms with E-state index in [1.165, 1.54) is 63.5 Å². The van der Waals surface area contributed by atoms with Crippen LogP contribution in [0.4, 0.5) is 0 Å². The second-order valence-corrected chi connectivity index (χ2v) is 7.03. The van der Waals surface area contributed by atoms with Crippen LogP contribution in [-0.2, 0) is 0 Å². The van der Waals surface area contributed by atoms with Gasteiger partial charge in [-0.2, -0.15) is 0 Å². The maximum absolute atomic E-state index is 3.78. The number of nitrogens with one attached hydrogen (secondary N) is 1. The van der Waals surface area contributed by atoms with Gasteiger partial charge in [-0.15, -0.1) is 0 Å². The molecule has 2 saturated carbocycles. The molecule has 2 aliphatic rings. The van der Waals surface area contributed by atoms with Crippen molar-refractivity contribution in [2.45, 2.75) is 70.3 Å². The highest BCUT2D eigenvalue weighted by Crippen LogP contribution is 2.37. The van der Waals surface area contributed by atoms with Crippen molar-refractivity contribution in [2.24, 2.45) is 5.92 Å². The molecule has 1 aromatic rings. The van der Waals surface area contributed by atoms with Crippen molar-refractivity contribution in [3.8, 4) is 0 Å². The highest BCUT2D eigenvalue weighted by atomic mass is 14.9. The summed E-state index contributed by atoms with van der Waals surface area (Å²) in [4.78, 5) is 0. The molecule has 1 N–H and O–H groups in total. The molecule has 0 heterocycles. The van der Waals surface area contributed by atoms with Gasteiger partial charge in [-0.05, 0) is 50.1 Å². The monoisotopic (exact) mass is 271 g/mol. The Morgan fingerprint density at radius 1 is 1.10 bits per heavy atom. The Bertz CT molecular complexity index is 414. The lowest BCUT2D eigenvalue weighted by molar-refractivity contribution is 0.270. The van der Waals surface area contributed by atoms with Crippen molar-refractivity contribution in [3.63, 3.8) is 0 Å². The molecule has 1 heteroatoms. The zero-order valence-electron chi connectivity index (χ0n) is 12.9. The quantitative estimate of drug-likeness (QED) is 0.811. The Labute approximate surface area is 124 Å². The maximum atomic E-state index is 3.78. The summed E-state index contributed by atoms with van der Waals surface area (Å²) < 4.78 is 0. The highest BCUT2D eigenvalue weighted by molar-refractivity contribution is 5.27. The first kappa shape index (κ1) is 14.1. The molecule has 110 valence electrons. The van der Waals surface area contributed by atoms with Gasteiger partial charge in [0, 0.05) is 6.04 Å². The van der Waals surface area contributed by atoms with Crippen LogP contribution in [0.15, 0.2) is 24.3 Å². The Morgan fingerprint density at radius 2 is 1.90 bits per heavy atom. The van der Waals surface area contributed by atoms with E-state index in [2.05, 4.69) is 36.5 Å². The number of hydrogen-bond donors (Lipinski definition) is 1. The van der Waals surface area contributed by atoms with Crippen molar-refractivity contribution in [1.82, 2.24) is 5.32 Å². The van der Waals surface area contributed by atoms with E-state index < -0.39 is 0 Å². The van der Waals surface area contributed by atoms with Gasteiger partial charge in [0.2, 0.25) is 0 Å². The van der Waals surface area contributed by atoms with E-state index >= 15 is 0 Å². The van der Waals surface area contributed by atoms with Gasteiger partial charge in [0.25, 0.3) is 0 Å². The first-order chi connectivity index (χ1) is 9.81. The van der Waals surface area contributed by atoms with Crippen molar-refractivity contribution >= 4 is 0 Å². The molecule has 3 rings (SSSR count). The minimum atomic E-state index is 0.782. The number of aryl methyl sites for hydroxylation is 1. The lowest BCUT2D eigenvalue weighted by atomic mass is 9.75. The van der Waals surface area contributed by atoms with Gasteiger partial charge in [0.15, 0.2) is 0 Å². The van der Waals surface area contributed by atoms with E-state index in [1.54, 1.807) is 5.56 Å². The largest absolute Gasteiger partial charge is 0.314 e. The molecule has 0 saturated heterocycles. The molecular weight excluding hydrogens is 242 g/mol. The summed E-state index contributed by atoms with van der Waals surface area (Å²) in [7, 11) is 0. The molecule has 0 aromatic heterocycles. The van der Waals surface area contributed by atoms with Gasteiger partial charge in [0.05, 0.1) is 0 Å². The van der Waals surface area contributed by atoms with Crippen LogP contribution in [0.3, 0.4) is 0 Å². The molecule has 1 nitrogen and oxygen atoms in total. The molecule has 1 aromatic carbocycles. The van der Waals surface area contributed by atoms with Crippen LogP contribution in [0.2, 0.25) is 0 Å². The van der Waals surface area contributed by atoms with Crippen molar-refractivity contribution in [3.05, 3.63) is 35.4 Å². The van der Waals surface area contributed by atoms with Crippen LogP contribution in [0.5, 0.6) is 0 Å². The van der Waals surface area contributed by atoms with Crippen LogP contribution >= 0.6 is 0 Å². The van der Waals surface area contributed by atoms with Crippen LogP contribution in [0.1, 0.15) is 68.4 Å². The van der Waals surface area contributed by atoms with E-state index in [4.69, 9.17) is 0 Å². The first-order valence-corrected chi connectivity index (χ1v) is 8.61. The Hall–Kier alpha value is -0.820. The summed E-state index contributed by atoms with van der Waals surface area (Å²) >= 11 is 0. The molecule has 20 heavy (non-hydrogen) atoms. The zero-order valence-corrected chi connectivity index (χ0v) is 12.9. The average molecular weight is 271 g/mol. The fourth-order valence-corrected chi connectivity index (χ4v) is 3.95. The molecule has 0 bridgehead atoms. The van der Waals surface area contributed by atoms with E-state index in [-0.39, 0.29) is 0 Å². The molecule has 0 unspecified atom stereocenters. The van der Waals surface area contributed by atoms with Crippen molar-refractivity contribution < 1.29 is 0 Å². The summed E-state index contributed by atoms with van der Waals surface area (Å²) in [5.74, 6) is 1.82. The van der Waals surface area contributed by atoms with Gasteiger partial charge in [-0.3, -0.25) is 0 Å². The van der Waals surface area contributed by atoms with Crippen molar-refractivity contribution in [1.29, 1.82) is 0 Å². The second kappa shape index (κ2) is 6.76. The topological polar surface area (TPSA) is 12.0 Å². The predicted molar refractivity (Wildman–Crippen MR) is 86.1 cm³/mol. The Kier molecular flexibility index (Phi) is 4.77. The molecule has 2 fully saturated rings. The van der Waals surface area contributed by atoms with Gasteiger partial charge in [-0.25, -0.2) is 0 Å². The zero-order chi connectivity index (χ0) is 13.8. The fraction of sp³-hybridized carbons (Fsp3) is 0.684. The summed E-state index contributed by atoms with van der Waals surface area (Å²) in [6.07, 6.45) is 11.5. The maximum Gasteiger partial charge on any atom is 0.00787 e. The third kappa shape index (κ3) is 3.63.